The number of amides is 1. The van der Waals surface area contributed by atoms with Gasteiger partial charge in [0.1, 0.15) is 6.54 Å². The molecule has 1 aromatic carbocycles. The third-order valence-corrected chi connectivity index (χ3v) is 4.66. The van der Waals surface area contributed by atoms with Gasteiger partial charge in [0.15, 0.2) is 0 Å². The quantitative estimate of drug-likeness (QED) is 0.780. The summed E-state index contributed by atoms with van der Waals surface area (Å²) in [5, 5.41) is 12.8. The molecule has 0 spiro atoms. The minimum atomic E-state index is -4.50. The Hall–Kier alpha value is -2.84. The molecule has 3 rings (SSSR count). The minimum Gasteiger partial charge on any atom is -0.480 e. The molecule has 150 valence electrons. The highest BCUT2D eigenvalue weighted by Crippen LogP contribution is 2.35. The van der Waals surface area contributed by atoms with Gasteiger partial charge in [-0.3, -0.25) is 14.3 Å². The van der Waals surface area contributed by atoms with Gasteiger partial charge in [-0.15, -0.1) is 0 Å². The van der Waals surface area contributed by atoms with Crippen molar-refractivity contribution >= 4 is 11.9 Å². The SMILES string of the molecule is CCN(Cc1cc(C(F)(F)F)ccc1-c1cnn(CC(=O)O)c1)C(=O)C1CC1. The van der Waals surface area contributed by atoms with Gasteiger partial charge >= 0.3 is 12.1 Å². The number of nitrogens with zero attached hydrogens (tertiary/aromatic N) is 3. The molecule has 1 fully saturated rings. The van der Waals surface area contributed by atoms with Gasteiger partial charge in [0, 0.05) is 30.8 Å². The summed E-state index contributed by atoms with van der Waals surface area (Å²) in [5.74, 6) is -1.16. The minimum absolute atomic E-state index is 0.0347. The van der Waals surface area contributed by atoms with E-state index in [0.717, 1.165) is 25.0 Å². The van der Waals surface area contributed by atoms with Crippen LogP contribution in [0.1, 0.15) is 30.9 Å². The van der Waals surface area contributed by atoms with Gasteiger partial charge in [0.05, 0.1) is 11.8 Å². The number of carbonyl (C=O) groups is 2. The lowest BCUT2D eigenvalue weighted by Crippen LogP contribution is -2.31. The largest absolute Gasteiger partial charge is 0.480 e. The van der Waals surface area contributed by atoms with Crippen molar-refractivity contribution in [2.75, 3.05) is 6.54 Å². The maximum Gasteiger partial charge on any atom is 0.416 e. The van der Waals surface area contributed by atoms with Gasteiger partial charge in [-0.05, 0) is 43.0 Å². The van der Waals surface area contributed by atoms with Gasteiger partial charge in [0.25, 0.3) is 0 Å². The molecular weight excluding hydrogens is 375 g/mol. The topological polar surface area (TPSA) is 75.4 Å². The summed E-state index contributed by atoms with van der Waals surface area (Å²) < 4.78 is 40.8. The fraction of sp³-hybridized carbons (Fsp3) is 0.421. The summed E-state index contributed by atoms with van der Waals surface area (Å²) >= 11 is 0. The number of hydrogen-bond donors (Lipinski definition) is 1. The van der Waals surface area contributed by atoms with Crippen molar-refractivity contribution in [2.45, 2.75) is 39.0 Å². The molecule has 1 aliphatic rings. The van der Waals surface area contributed by atoms with Crippen LogP contribution in [0.4, 0.5) is 13.2 Å². The molecule has 1 heterocycles. The van der Waals surface area contributed by atoms with Crippen LogP contribution in [0.15, 0.2) is 30.6 Å². The van der Waals surface area contributed by atoms with E-state index in [2.05, 4.69) is 5.10 Å². The monoisotopic (exact) mass is 395 g/mol. The molecule has 6 nitrogen and oxygen atoms in total. The second-order valence-corrected chi connectivity index (χ2v) is 6.82. The lowest BCUT2D eigenvalue weighted by atomic mass is 9.98. The Morgan fingerprint density at radius 1 is 1.32 bits per heavy atom. The van der Waals surface area contributed by atoms with Crippen LogP contribution in [0.3, 0.4) is 0 Å². The van der Waals surface area contributed by atoms with Crippen LogP contribution in [0, 0.1) is 5.92 Å². The average molecular weight is 395 g/mol. The van der Waals surface area contributed by atoms with Crippen molar-refractivity contribution in [3.8, 4) is 11.1 Å². The molecule has 0 atom stereocenters. The van der Waals surface area contributed by atoms with E-state index in [1.807, 2.05) is 0 Å². The highest BCUT2D eigenvalue weighted by molar-refractivity contribution is 5.81. The zero-order valence-corrected chi connectivity index (χ0v) is 15.2. The predicted octanol–water partition coefficient (Wildman–Crippen LogP) is 3.41. The zero-order valence-electron chi connectivity index (χ0n) is 15.2. The summed E-state index contributed by atoms with van der Waals surface area (Å²) in [7, 11) is 0. The zero-order chi connectivity index (χ0) is 20.5. The Morgan fingerprint density at radius 3 is 2.61 bits per heavy atom. The Bertz CT molecular complexity index is 888. The lowest BCUT2D eigenvalue weighted by molar-refractivity contribution is -0.138. The Kier molecular flexibility index (Phi) is 5.44. The molecule has 0 radical (unpaired) electrons. The highest BCUT2D eigenvalue weighted by Gasteiger charge is 2.34. The van der Waals surface area contributed by atoms with Crippen LogP contribution in [-0.2, 0) is 28.9 Å². The number of rotatable bonds is 7. The number of halogens is 3. The van der Waals surface area contributed by atoms with Crippen molar-refractivity contribution in [3.63, 3.8) is 0 Å². The van der Waals surface area contributed by atoms with Crippen molar-refractivity contribution in [2.24, 2.45) is 5.92 Å². The molecule has 0 saturated heterocycles. The maximum atomic E-state index is 13.2. The van der Waals surface area contributed by atoms with Gasteiger partial charge < -0.3 is 10.0 Å². The van der Waals surface area contributed by atoms with Crippen LogP contribution in [0.25, 0.3) is 11.1 Å². The Morgan fingerprint density at radius 2 is 2.04 bits per heavy atom. The molecule has 1 N–H and O–H groups in total. The van der Waals surface area contributed by atoms with Crippen LogP contribution in [0.2, 0.25) is 0 Å². The van der Waals surface area contributed by atoms with Crippen LogP contribution in [-0.4, -0.2) is 38.2 Å². The molecule has 1 aromatic heterocycles. The summed E-state index contributed by atoms with van der Waals surface area (Å²) in [6.07, 6.45) is 0.00500. The summed E-state index contributed by atoms with van der Waals surface area (Å²) in [5.41, 5.74) is 0.547. The number of hydrogen-bond acceptors (Lipinski definition) is 3. The summed E-state index contributed by atoms with van der Waals surface area (Å²) in [4.78, 5) is 24.8. The van der Waals surface area contributed by atoms with E-state index in [-0.39, 0.29) is 24.9 Å². The first-order chi connectivity index (χ1) is 13.2. The molecule has 1 saturated carbocycles. The fourth-order valence-corrected chi connectivity index (χ4v) is 3.05. The number of aromatic nitrogens is 2. The van der Waals surface area contributed by atoms with Crippen molar-refractivity contribution in [1.82, 2.24) is 14.7 Å². The first-order valence-corrected chi connectivity index (χ1v) is 8.92. The smallest absolute Gasteiger partial charge is 0.416 e. The van der Waals surface area contributed by atoms with Crippen molar-refractivity contribution in [3.05, 3.63) is 41.7 Å². The molecule has 28 heavy (non-hydrogen) atoms. The second kappa shape index (κ2) is 7.65. The van der Waals surface area contributed by atoms with Crippen molar-refractivity contribution in [1.29, 1.82) is 0 Å². The third kappa shape index (κ3) is 4.52. The molecule has 2 aromatic rings. The van der Waals surface area contributed by atoms with Crippen LogP contribution >= 0.6 is 0 Å². The molecule has 1 aliphatic carbocycles. The maximum absolute atomic E-state index is 13.2. The average Bonchev–Trinajstić information content (AvgIpc) is 3.38. The van der Waals surface area contributed by atoms with E-state index >= 15 is 0 Å². The predicted molar refractivity (Wildman–Crippen MR) is 94.1 cm³/mol. The van der Waals surface area contributed by atoms with Gasteiger partial charge in [-0.2, -0.15) is 18.3 Å². The van der Waals surface area contributed by atoms with Crippen molar-refractivity contribution < 1.29 is 27.9 Å². The number of aliphatic carboxylic acids is 1. The van der Waals surface area contributed by atoms with E-state index in [1.165, 1.54) is 23.1 Å². The third-order valence-electron chi connectivity index (χ3n) is 4.66. The first kappa shape index (κ1) is 19.9. The molecule has 0 aliphatic heterocycles. The number of carboxylic acid groups (broad SMARTS) is 1. The Balaban J connectivity index is 1.97. The van der Waals surface area contributed by atoms with Crippen LogP contribution < -0.4 is 0 Å². The number of carbonyl (C=O) groups excluding carboxylic acids is 1. The summed E-state index contributed by atoms with van der Waals surface area (Å²) in [6, 6.07) is 3.37. The number of alkyl halides is 3. The number of benzene rings is 1. The molecule has 1 amide bonds. The molecule has 9 heteroatoms. The van der Waals surface area contributed by atoms with E-state index in [1.54, 1.807) is 11.8 Å². The van der Waals surface area contributed by atoms with E-state index in [0.29, 0.717) is 23.2 Å². The highest BCUT2D eigenvalue weighted by atomic mass is 19.4. The standard InChI is InChI=1S/C19H20F3N3O3/c1-2-24(18(28)12-3-4-12)9-13-7-15(19(20,21)22)5-6-16(13)14-8-23-25(10-14)11-17(26)27/h5-8,10,12H,2-4,9,11H2,1H3,(H,26,27). The van der Waals surface area contributed by atoms with E-state index < -0.39 is 17.7 Å². The molecule has 0 bridgehead atoms. The Labute approximate surface area is 159 Å². The fourth-order valence-electron chi connectivity index (χ4n) is 3.05. The van der Waals surface area contributed by atoms with Gasteiger partial charge in [0.2, 0.25) is 5.91 Å². The molecular formula is C19H20F3N3O3. The van der Waals surface area contributed by atoms with E-state index in [9.17, 15) is 22.8 Å². The second-order valence-electron chi connectivity index (χ2n) is 6.82. The molecule has 0 unspecified atom stereocenters. The lowest BCUT2D eigenvalue weighted by Gasteiger charge is -2.23. The van der Waals surface area contributed by atoms with E-state index in [4.69, 9.17) is 5.11 Å². The number of carboxylic acids is 1. The normalized spacial score (nSPS) is 14.1. The van der Waals surface area contributed by atoms with Crippen LogP contribution in [0.5, 0.6) is 0 Å². The summed E-state index contributed by atoms with van der Waals surface area (Å²) in [6.45, 7) is 1.88. The van der Waals surface area contributed by atoms with Gasteiger partial charge in [-0.25, -0.2) is 0 Å². The van der Waals surface area contributed by atoms with Gasteiger partial charge in [-0.1, -0.05) is 6.07 Å². The first-order valence-electron chi connectivity index (χ1n) is 8.92.